The number of allylic oxidation sites excluding steroid dienone is 4. The van der Waals surface area contributed by atoms with Crippen LogP contribution in [0.1, 0.15) is 29.3 Å². The second-order valence-corrected chi connectivity index (χ2v) is 4.93. The summed E-state index contributed by atoms with van der Waals surface area (Å²) in [5.41, 5.74) is 3.34. The molecular formula is C20H20O. The SMILES string of the molecule is CC/C(=C\C=C\C(=O)c1ccccc1)Cc1ccccc1. The van der Waals surface area contributed by atoms with Crippen molar-refractivity contribution in [1.82, 2.24) is 0 Å². The van der Waals surface area contributed by atoms with E-state index in [1.54, 1.807) is 6.08 Å². The predicted molar refractivity (Wildman–Crippen MR) is 88.4 cm³/mol. The summed E-state index contributed by atoms with van der Waals surface area (Å²) in [5.74, 6) is 0.0435. The average Bonchev–Trinajstić information content (AvgIpc) is 2.55. The number of rotatable bonds is 6. The monoisotopic (exact) mass is 276 g/mol. The van der Waals surface area contributed by atoms with Crippen molar-refractivity contribution in [2.24, 2.45) is 0 Å². The number of ketones is 1. The zero-order valence-electron chi connectivity index (χ0n) is 12.3. The number of benzene rings is 2. The summed E-state index contributed by atoms with van der Waals surface area (Å²) in [6.07, 6.45) is 7.46. The molecule has 2 aromatic carbocycles. The molecule has 0 atom stereocenters. The van der Waals surface area contributed by atoms with Crippen molar-refractivity contribution in [2.45, 2.75) is 19.8 Å². The Morgan fingerprint density at radius 1 is 0.952 bits per heavy atom. The van der Waals surface area contributed by atoms with Crippen molar-refractivity contribution in [2.75, 3.05) is 0 Å². The maximum Gasteiger partial charge on any atom is 0.185 e. The van der Waals surface area contributed by atoms with Crippen molar-refractivity contribution in [1.29, 1.82) is 0 Å². The standard InChI is InChI=1S/C20H20O/c1-2-17(16-18-10-5-3-6-11-18)12-9-15-20(21)19-13-7-4-8-14-19/h3-15H,2,16H2,1H3/b15-9+,17-12+. The average molecular weight is 276 g/mol. The lowest BCUT2D eigenvalue weighted by Crippen LogP contribution is -1.93. The van der Waals surface area contributed by atoms with Crippen LogP contribution in [0.15, 0.2) is 84.5 Å². The first-order valence-electron chi connectivity index (χ1n) is 7.29. The van der Waals surface area contributed by atoms with Gasteiger partial charge in [-0.25, -0.2) is 0 Å². The fourth-order valence-corrected chi connectivity index (χ4v) is 2.13. The van der Waals surface area contributed by atoms with Crippen LogP contribution in [0.5, 0.6) is 0 Å². The zero-order valence-corrected chi connectivity index (χ0v) is 12.3. The summed E-state index contributed by atoms with van der Waals surface area (Å²) in [7, 11) is 0. The Morgan fingerprint density at radius 3 is 2.19 bits per heavy atom. The van der Waals surface area contributed by atoms with Crippen LogP contribution >= 0.6 is 0 Å². The molecule has 2 rings (SSSR count). The van der Waals surface area contributed by atoms with Crippen LogP contribution < -0.4 is 0 Å². The van der Waals surface area contributed by atoms with E-state index in [1.807, 2.05) is 48.6 Å². The first-order valence-corrected chi connectivity index (χ1v) is 7.29. The van der Waals surface area contributed by atoms with Gasteiger partial charge in [0.2, 0.25) is 0 Å². The molecule has 0 aliphatic carbocycles. The van der Waals surface area contributed by atoms with E-state index in [9.17, 15) is 4.79 Å². The number of carbonyl (C=O) groups excluding carboxylic acids is 1. The third-order valence-corrected chi connectivity index (χ3v) is 3.37. The topological polar surface area (TPSA) is 17.1 Å². The third-order valence-electron chi connectivity index (χ3n) is 3.37. The molecule has 0 saturated carbocycles. The second-order valence-electron chi connectivity index (χ2n) is 4.93. The Kier molecular flexibility index (Phi) is 5.71. The molecule has 0 aliphatic heterocycles. The number of hydrogen-bond acceptors (Lipinski definition) is 1. The highest BCUT2D eigenvalue weighted by Gasteiger charge is 1.99. The van der Waals surface area contributed by atoms with E-state index in [4.69, 9.17) is 0 Å². The van der Waals surface area contributed by atoms with Crippen LogP contribution in [0.3, 0.4) is 0 Å². The Bertz CT molecular complexity index is 621. The largest absolute Gasteiger partial charge is 0.289 e. The van der Waals surface area contributed by atoms with Crippen molar-refractivity contribution < 1.29 is 4.79 Å². The van der Waals surface area contributed by atoms with E-state index in [1.165, 1.54) is 11.1 Å². The molecule has 0 spiro atoms. The molecule has 0 unspecified atom stereocenters. The highest BCUT2D eigenvalue weighted by Crippen LogP contribution is 2.11. The molecule has 1 nitrogen and oxygen atoms in total. The Hall–Kier alpha value is -2.41. The van der Waals surface area contributed by atoms with Gasteiger partial charge in [-0.2, -0.15) is 0 Å². The van der Waals surface area contributed by atoms with Gasteiger partial charge in [0.25, 0.3) is 0 Å². The maximum absolute atomic E-state index is 12.0. The molecule has 0 heterocycles. The van der Waals surface area contributed by atoms with Gasteiger partial charge in [0.05, 0.1) is 0 Å². The molecule has 106 valence electrons. The molecule has 0 bridgehead atoms. The van der Waals surface area contributed by atoms with Crippen LogP contribution in [-0.2, 0) is 6.42 Å². The molecule has 0 N–H and O–H groups in total. The minimum atomic E-state index is 0.0435. The number of carbonyl (C=O) groups is 1. The molecule has 2 aromatic rings. The molecule has 0 saturated heterocycles. The molecule has 21 heavy (non-hydrogen) atoms. The molecule has 0 aliphatic rings. The van der Waals surface area contributed by atoms with E-state index >= 15 is 0 Å². The van der Waals surface area contributed by atoms with Crippen molar-refractivity contribution in [3.63, 3.8) is 0 Å². The fraction of sp³-hybridized carbons (Fsp3) is 0.150. The van der Waals surface area contributed by atoms with E-state index in [0.717, 1.165) is 18.4 Å². The minimum absolute atomic E-state index is 0.0435. The highest BCUT2D eigenvalue weighted by atomic mass is 16.1. The summed E-state index contributed by atoms with van der Waals surface area (Å²) in [5, 5.41) is 0. The van der Waals surface area contributed by atoms with Gasteiger partial charge in [0.15, 0.2) is 5.78 Å². The Balaban J connectivity index is 2.01. The van der Waals surface area contributed by atoms with E-state index in [-0.39, 0.29) is 5.78 Å². The molecule has 0 aromatic heterocycles. The van der Waals surface area contributed by atoms with Gasteiger partial charge in [-0.3, -0.25) is 4.79 Å². The van der Waals surface area contributed by atoms with Crippen LogP contribution in [0.4, 0.5) is 0 Å². The Morgan fingerprint density at radius 2 is 1.57 bits per heavy atom. The fourth-order valence-electron chi connectivity index (χ4n) is 2.13. The van der Waals surface area contributed by atoms with E-state index in [2.05, 4.69) is 31.2 Å². The third kappa shape index (κ3) is 4.88. The van der Waals surface area contributed by atoms with Crippen molar-refractivity contribution in [3.05, 3.63) is 95.6 Å². The van der Waals surface area contributed by atoms with Gasteiger partial charge in [-0.1, -0.05) is 85.3 Å². The summed E-state index contributed by atoms with van der Waals surface area (Å²) in [6.45, 7) is 2.14. The Labute approximate surface area is 126 Å². The maximum atomic E-state index is 12.0. The lowest BCUT2D eigenvalue weighted by molar-refractivity contribution is 0.104. The van der Waals surface area contributed by atoms with Crippen molar-refractivity contribution >= 4 is 5.78 Å². The summed E-state index contributed by atoms with van der Waals surface area (Å²) >= 11 is 0. The summed E-state index contributed by atoms with van der Waals surface area (Å²) in [4.78, 5) is 12.0. The molecule has 0 radical (unpaired) electrons. The lowest BCUT2D eigenvalue weighted by Gasteiger charge is -2.03. The van der Waals surface area contributed by atoms with Gasteiger partial charge >= 0.3 is 0 Å². The first kappa shape index (κ1) is 15.0. The summed E-state index contributed by atoms with van der Waals surface area (Å²) in [6, 6.07) is 19.7. The molecular weight excluding hydrogens is 256 g/mol. The van der Waals surface area contributed by atoms with Gasteiger partial charge < -0.3 is 0 Å². The van der Waals surface area contributed by atoms with E-state index in [0.29, 0.717) is 0 Å². The summed E-state index contributed by atoms with van der Waals surface area (Å²) < 4.78 is 0. The smallest absolute Gasteiger partial charge is 0.185 e. The lowest BCUT2D eigenvalue weighted by atomic mass is 10.0. The van der Waals surface area contributed by atoms with Crippen LogP contribution in [0, 0.1) is 0 Å². The normalized spacial score (nSPS) is 11.8. The van der Waals surface area contributed by atoms with Gasteiger partial charge in [-0.15, -0.1) is 0 Å². The number of hydrogen-bond donors (Lipinski definition) is 0. The van der Waals surface area contributed by atoms with Gasteiger partial charge in [-0.05, 0) is 24.5 Å². The van der Waals surface area contributed by atoms with Crippen LogP contribution in [0.25, 0.3) is 0 Å². The van der Waals surface area contributed by atoms with Crippen LogP contribution in [0.2, 0.25) is 0 Å². The van der Waals surface area contributed by atoms with Crippen LogP contribution in [-0.4, -0.2) is 5.78 Å². The second kappa shape index (κ2) is 8.01. The zero-order chi connectivity index (χ0) is 14.9. The highest BCUT2D eigenvalue weighted by molar-refractivity contribution is 6.04. The molecule has 0 amide bonds. The molecule has 0 fully saturated rings. The minimum Gasteiger partial charge on any atom is -0.289 e. The first-order chi connectivity index (χ1) is 10.3. The van der Waals surface area contributed by atoms with E-state index < -0.39 is 0 Å². The quantitative estimate of drug-likeness (QED) is 0.412. The van der Waals surface area contributed by atoms with Gasteiger partial charge in [0, 0.05) is 5.56 Å². The predicted octanol–water partition coefficient (Wildman–Crippen LogP) is 5.00. The molecule has 1 heteroatoms. The van der Waals surface area contributed by atoms with Gasteiger partial charge in [0.1, 0.15) is 0 Å². The van der Waals surface area contributed by atoms with Crippen molar-refractivity contribution in [3.8, 4) is 0 Å².